The molecule has 0 bridgehead atoms. The molecule has 0 aliphatic carbocycles. The Hall–Kier alpha value is -5.31. The number of amides is 2. The lowest BCUT2D eigenvalue weighted by Gasteiger charge is -2.35. The molecule has 0 radical (unpaired) electrons. The van der Waals surface area contributed by atoms with E-state index in [4.69, 9.17) is 4.74 Å². The Morgan fingerprint density at radius 3 is 2.36 bits per heavy atom. The van der Waals surface area contributed by atoms with Crippen molar-refractivity contribution in [3.63, 3.8) is 0 Å². The SMILES string of the molecule is COc1ccc(C(=O)N2Cc3ccccc3C[C@H]2C)c(-c2cc(C(=O)N(c3ccc(O)cc3)c3cnn(C)c3)c(C)n2C)c1. The number of rotatable bonds is 6. The molecule has 9 heteroatoms. The summed E-state index contributed by atoms with van der Waals surface area (Å²) >= 11 is 0. The maximum atomic E-state index is 14.3. The summed E-state index contributed by atoms with van der Waals surface area (Å²) in [7, 11) is 5.28. The van der Waals surface area contributed by atoms with Crippen LogP contribution in [0, 0.1) is 6.92 Å². The van der Waals surface area contributed by atoms with Crippen molar-refractivity contribution in [1.29, 1.82) is 0 Å². The molecule has 1 aliphatic rings. The molecular weight excluding hydrogens is 554 g/mol. The van der Waals surface area contributed by atoms with Crippen molar-refractivity contribution < 1.29 is 19.4 Å². The Bertz CT molecular complexity index is 1870. The number of carbonyl (C=O) groups excluding carboxylic acids is 2. The predicted octanol–water partition coefficient (Wildman–Crippen LogP) is 6.01. The van der Waals surface area contributed by atoms with Crippen LogP contribution < -0.4 is 9.64 Å². The van der Waals surface area contributed by atoms with E-state index >= 15 is 0 Å². The lowest BCUT2D eigenvalue weighted by atomic mass is 9.93. The predicted molar refractivity (Wildman–Crippen MR) is 169 cm³/mol. The molecule has 3 heterocycles. The Morgan fingerprint density at radius 1 is 0.955 bits per heavy atom. The summed E-state index contributed by atoms with van der Waals surface area (Å²) < 4.78 is 9.14. The van der Waals surface area contributed by atoms with Gasteiger partial charge in [-0.25, -0.2) is 0 Å². The first-order valence-electron chi connectivity index (χ1n) is 14.5. The monoisotopic (exact) mass is 589 g/mol. The zero-order valence-corrected chi connectivity index (χ0v) is 25.5. The number of hydrogen-bond acceptors (Lipinski definition) is 5. The molecule has 9 nitrogen and oxygen atoms in total. The number of phenolic OH excluding ortho intramolecular Hbond substituents is 1. The Labute approximate surface area is 256 Å². The highest BCUT2D eigenvalue weighted by molar-refractivity contribution is 6.12. The first kappa shape index (κ1) is 28.8. The molecule has 3 aromatic carbocycles. The van der Waals surface area contributed by atoms with Gasteiger partial charge in [0.05, 0.1) is 24.6 Å². The Kier molecular flexibility index (Phi) is 7.47. The van der Waals surface area contributed by atoms with E-state index in [0.29, 0.717) is 40.4 Å². The van der Waals surface area contributed by atoms with E-state index in [1.54, 1.807) is 66.5 Å². The van der Waals surface area contributed by atoms with E-state index in [9.17, 15) is 14.7 Å². The third-order valence-corrected chi connectivity index (χ3v) is 8.53. The number of ether oxygens (including phenoxy) is 1. The van der Waals surface area contributed by atoms with Crippen molar-refractivity contribution in [2.45, 2.75) is 32.9 Å². The second-order valence-corrected chi connectivity index (χ2v) is 11.3. The van der Waals surface area contributed by atoms with Crippen molar-refractivity contribution in [2.75, 3.05) is 12.0 Å². The van der Waals surface area contributed by atoms with Crippen molar-refractivity contribution in [1.82, 2.24) is 19.2 Å². The van der Waals surface area contributed by atoms with Crippen molar-refractivity contribution in [3.05, 3.63) is 113 Å². The van der Waals surface area contributed by atoms with Gasteiger partial charge in [0.2, 0.25) is 0 Å². The lowest BCUT2D eigenvalue weighted by molar-refractivity contribution is 0.0659. The fourth-order valence-electron chi connectivity index (χ4n) is 5.96. The number of aromatic nitrogens is 3. The highest BCUT2D eigenvalue weighted by Gasteiger charge is 2.31. The molecule has 6 rings (SSSR count). The van der Waals surface area contributed by atoms with Gasteiger partial charge in [0.15, 0.2) is 0 Å². The van der Waals surface area contributed by atoms with Crippen molar-refractivity contribution in [2.24, 2.45) is 14.1 Å². The van der Waals surface area contributed by atoms with Crippen LogP contribution in [0.5, 0.6) is 11.5 Å². The first-order chi connectivity index (χ1) is 21.2. The highest BCUT2D eigenvalue weighted by Crippen LogP contribution is 2.36. The minimum absolute atomic E-state index is 0.0259. The fourth-order valence-corrected chi connectivity index (χ4v) is 5.96. The molecule has 224 valence electrons. The summed E-state index contributed by atoms with van der Waals surface area (Å²) in [6.07, 6.45) is 4.18. The topological polar surface area (TPSA) is 92.8 Å². The number of benzene rings is 3. The minimum atomic E-state index is -0.264. The second kappa shape index (κ2) is 11.4. The molecule has 2 amide bonds. The van der Waals surface area contributed by atoms with Crippen LogP contribution in [0.15, 0.2) is 85.2 Å². The van der Waals surface area contributed by atoms with Gasteiger partial charge in [-0.15, -0.1) is 0 Å². The van der Waals surface area contributed by atoms with Gasteiger partial charge in [-0.1, -0.05) is 24.3 Å². The molecule has 44 heavy (non-hydrogen) atoms. The Morgan fingerprint density at radius 2 is 1.68 bits per heavy atom. The average molecular weight is 590 g/mol. The van der Waals surface area contributed by atoms with Crippen LogP contribution >= 0.6 is 0 Å². The largest absolute Gasteiger partial charge is 0.508 e. The highest BCUT2D eigenvalue weighted by atomic mass is 16.5. The number of nitrogens with zero attached hydrogens (tertiary/aromatic N) is 5. The van der Waals surface area contributed by atoms with E-state index in [-0.39, 0.29) is 23.6 Å². The summed E-state index contributed by atoms with van der Waals surface area (Å²) in [5.41, 5.74) is 6.75. The van der Waals surface area contributed by atoms with Gasteiger partial charge in [-0.2, -0.15) is 5.10 Å². The molecule has 1 N–H and O–H groups in total. The number of aromatic hydroxyl groups is 1. The average Bonchev–Trinajstić information content (AvgIpc) is 3.59. The number of aryl methyl sites for hydroxylation is 1. The van der Waals surface area contributed by atoms with Gasteiger partial charge in [0.1, 0.15) is 11.5 Å². The number of anilines is 2. The van der Waals surface area contributed by atoms with E-state index < -0.39 is 0 Å². The van der Waals surface area contributed by atoms with E-state index in [2.05, 4.69) is 24.2 Å². The van der Waals surface area contributed by atoms with E-state index in [1.807, 2.05) is 53.8 Å². The van der Waals surface area contributed by atoms with E-state index in [0.717, 1.165) is 23.4 Å². The lowest BCUT2D eigenvalue weighted by Crippen LogP contribution is -2.42. The summed E-state index contributed by atoms with van der Waals surface area (Å²) in [5.74, 6) is 0.381. The molecule has 0 saturated carbocycles. The van der Waals surface area contributed by atoms with Crippen LogP contribution in [0.4, 0.5) is 11.4 Å². The van der Waals surface area contributed by atoms with Gasteiger partial charge < -0.3 is 19.3 Å². The zero-order chi connectivity index (χ0) is 31.1. The van der Waals surface area contributed by atoms with Gasteiger partial charge in [0.25, 0.3) is 11.8 Å². The third kappa shape index (κ3) is 5.10. The van der Waals surface area contributed by atoms with Crippen LogP contribution in [-0.4, -0.2) is 49.3 Å². The number of hydrogen-bond donors (Lipinski definition) is 1. The quantitative estimate of drug-likeness (QED) is 0.262. The van der Waals surface area contributed by atoms with Gasteiger partial charge >= 0.3 is 0 Å². The molecule has 5 aromatic rings. The molecule has 1 atom stereocenters. The smallest absolute Gasteiger partial charge is 0.264 e. The summed E-state index contributed by atoms with van der Waals surface area (Å²) in [6, 6.07) is 22.1. The zero-order valence-electron chi connectivity index (χ0n) is 25.5. The molecule has 2 aromatic heterocycles. The first-order valence-corrected chi connectivity index (χ1v) is 14.5. The van der Waals surface area contributed by atoms with Crippen LogP contribution in [0.2, 0.25) is 0 Å². The fraction of sp³-hybridized carbons (Fsp3) is 0.229. The van der Waals surface area contributed by atoms with Gasteiger partial charge in [0, 0.05) is 61.1 Å². The van der Waals surface area contributed by atoms with Gasteiger partial charge in [-0.05, 0) is 79.9 Å². The molecule has 0 saturated heterocycles. The molecule has 0 unspecified atom stereocenters. The summed E-state index contributed by atoms with van der Waals surface area (Å²) in [6.45, 7) is 4.50. The van der Waals surface area contributed by atoms with E-state index in [1.165, 1.54) is 5.56 Å². The summed E-state index contributed by atoms with van der Waals surface area (Å²) in [5, 5.41) is 14.2. The van der Waals surface area contributed by atoms with Crippen LogP contribution in [0.3, 0.4) is 0 Å². The maximum absolute atomic E-state index is 14.3. The van der Waals surface area contributed by atoms with Crippen LogP contribution in [-0.2, 0) is 27.1 Å². The van der Waals surface area contributed by atoms with Gasteiger partial charge in [-0.3, -0.25) is 19.2 Å². The van der Waals surface area contributed by atoms with Crippen LogP contribution in [0.1, 0.15) is 44.5 Å². The Balaban J connectivity index is 1.43. The third-order valence-electron chi connectivity index (χ3n) is 8.53. The second-order valence-electron chi connectivity index (χ2n) is 11.3. The standard InChI is InChI=1S/C35H35N5O4/c1-22-16-24-8-6-7-9-25(24)20-39(22)34(42)30-15-14-29(44-5)17-32(30)33-18-31(23(2)38(33)4)35(43)40(27-19-36-37(3)21-27)26-10-12-28(41)13-11-26/h6-15,17-19,21-22,41H,16,20H2,1-5H3/t22-/m1/s1. The number of carbonyl (C=O) groups is 2. The molecule has 0 fully saturated rings. The molecular formula is C35H35N5O4. The van der Waals surface area contributed by atoms with Crippen molar-refractivity contribution in [3.8, 4) is 22.8 Å². The normalized spacial score (nSPS) is 14.3. The number of methoxy groups -OCH3 is 1. The minimum Gasteiger partial charge on any atom is -0.508 e. The maximum Gasteiger partial charge on any atom is 0.264 e. The number of fused-ring (bicyclic) bond motifs is 1. The summed E-state index contributed by atoms with van der Waals surface area (Å²) in [4.78, 5) is 32.0. The molecule has 0 spiro atoms. The van der Waals surface area contributed by atoms with Crippen LogP contribution in [0.25, 0.3) is 11.3 Å². The van der Waals surface area contributed by atoms with Crippen molar-refractivity contribution >= 4 is 23.2 Å². The number of phenols is 1. The molecule has 1 aliphatic heterocycles.